The van der Waals surface area contributed by atoms with E-state index in [1.54, 1.807) is 20.0 Å². The average molecular weight is 324 g/mol. The predicted molar refractivity (Wildman–Crippen MR) is 74.6 cm³/mol. The van der Waals surface area contributed by atoms with Crippen molar-refractivity contribution in [1.82, 2.24) is 9.62 Å². The van der Waals surface area contributed by atoms with Crippen molar-refractivity contribution in [3.63, 3.8) is 0 Å². The SMILES string of the molecule is CNCc1cc(S(=O)(=O)N(C)CC(F)(F)F)c(C)cc1C. The maximum Gasteiger partial charge on any atom is 0.402 e. The maximum absolute atomic E-state index is 12.4. The number of nitrogens with one attached hydrogen (secondary N) is 1. The number of hydrogen-bond donors (Lipinski definition) is 1. The highest BCUT2D eigenvalue weighted by molar-refractivity contribution is 7.89. The van der Waals surface area contributed by atoms with E-state index in [1.807, 2.05) is 6.92 Å². The van der Waals surface area contributed by atoms with Gasteiger partial charge in [0.25, 0.3) is 0 Å². The number of benzene rings is 1. The number of aryl methyl sites for hydroxylation is 2. The molecule has 0 fully saturated rings. The smallest absolute Gasteiger partial charge is 0.316 e. The molecule has 0 amide bonds. The van der Waals surface area contributed by atoms with Gasteiger partial charge in [0.05, 0.1) is 4.90 Å². The van der Waals surface area contributed by atoms with Gasteiger partial charge in [-0.15, -0.1) is 0 Å². The summed E-state index contributed by atoms with van der Waals surface area (Å²) in [7, 11) is -1.53. The molecule has 1 aromatic rings. The fourth-order valence-corrected chi connectivity index (χ4v) is 3.45. The van der Waals surface area contributed by atoms with Crippen LogP contribution in [0, 0.1) is 13.8 Å². The molecule has 1 rings (SSSR count). The molecule has 0 bridgehead atoms. The Hall–Kier alpha value is -1.12. The molecule has 0 aliphatic carbocycles. The lowest BCUT2D eigenvalue weighted by Crippen LogP contribution is -2.36. The summed E-state index contributed by atoms with van der Waals surface area (Å²) < 4.78 is 62.1. The van der Waals surface area contributed by atoms with Crippen molar-refractivity contribution in [3.8, 4) is 0 Å². The highest BCUT2D eigenvalue weighted by Gasteiger charge is 2.35. The van der Waals surface area contributed by atoms with Gasteiger partial charge < -0.3 is 5.32 Å². The normalized spacial score (nSPS) is 13.0. The molecular formula is C13H19F3N2O2S. The molecule has 120 valence electrons. The van der Waals surface area contributed by atoms with Crippen molar-refractivity contribution in [1.29, 1.82) is 0 Å². The molecule has 0 unspecified atom stereocenters. The molecule has 0 aliphatic rings. The lowest BCUT2D eigenvalue weighted by Gasteiger charge is -2.21. The Morgan fingerprint density at radius 3 is 2.24 bits per heavy atom. The summed E-state index contributed by atoms with van der Waals surface area (Å²) >= 11 is 0. The zero-order valence-corrected chi connectivity index (χ0v) is 13.2. The molecule has 0 saturated heterocycles. The van der Waals surface area contributed by atoms with Crippen LogP contribution in [0.2, 0.25) is 0 Å². The van der Waals surface area contributed by atoms with E-state index in [0.29, 0.717) is 16.4 Å². The molecule has 0 heterocycles. The van der Waals surface area contributed by atoms with Crippen molar-refractivity contribution in [2.24, 2.45) is 0 Å². The third kappa shape index (κ3) is 4.42. The number of rotatable bonds is 5. The Kier molecular flexibility index (Phi) is 5.40. The van der Waals surface area contributed by atoms with Gasteiger partial charge in [0.1, 0.15) is 6.54 Å². The number of alkyl halides is 3. The third-order valence-corrected chi connectivity index (χ3v) is 5.04. The van der Waals surface area contributed by atoms with Gasteiger partial charge in [0.2, 0.25) is 10.0 Å². The van der Waals surface area contributed by atoms with Crippen LogP contribution in [0.25, 0.3) is 0 Å². The van der Waals surface area contributed by atoms with Crippen LogP contribution in [-0.2, 0) is 16.6 Å². The fourth-order valence-electron chi connectivity index (χ4n) is 2.04. The van der Waals surface area contributed by atoms with Gasteiger partial charge in [-0.3, -0.25) is 0 Å². The largest absolute Gasteiger partial charge is 0.402 e. The van der Waals surface area contributed by atoms with Crippen molar-refractivity contribution in [3.05, 3.63) is 28.8 Å². The van der Waals surface area contributed by atoms with Crippen LogP contribution in [0.4, 0.5) is 13.2 Å². The summed E-state index contributed by atoms with van der Waals surface area (Å²) in [5.41, 5.74) is 2.06. The highest BCUT2D eigenvalue weighted by Crippen LogP contribution is 2.25. The molecule has 21 heavy (non-hydrogen) atoms. The van der Waals surface area contributed by atoms with E-state index in [4.69, 9.17) is 0 Å². The molecule has 0 saturated carbocycles. The third-order valence-electron chi connectivity index (χ3n) is 3.09. The molecule has 4 nitrogen and oxygen atoms in total. The second kappa shape index (κ2) is 6.33. The van der Waals surface area contributed by atoms with E-state index in [9.17, 15) is 21.6 Å². The lowest BCUT2D eigenvalue weighted by molar-refractivity contribution is -0.134. The summed E-state index contributed by atoms with van der Waals surface area (Å²) in [4.78, 5) is -0.0925. The summed E-state index contributed by atoms with van der Waals surface area (Å²) in [6.07, 6.45) is -4.58. The molecule has 1 aromatic carbocycles. The zero-order chi connectivity index (χ0) is 16.4. The quantitative estimate of drug-likeness (QED) is 0.903. The minimum atomic E-state index is -4.58. The van der Waals surface area contributed by atoms with Gasteiger partial charge in [-0.25, -0.2) is 8.42 Å². The van der Waals surface area contributed by atoms with Crippen molar-refractivity contribution in [2.45, 2.75) is 31.5 Å². The second-order valence-corrected chi connectivity index (χ2v) is 6.96. The summed E-state index contributed by atoms with van der Waals surface area (Å²) in [6, 6.07) is 3.10. The Bertz CT molecular complexity index is 613. The van der Waals surface area contributed by atoms with E-state index < -0.39 is 22.7 Å². The molecule has 0 radical (unpaired) electrons. The van der Waals surface area contributed by atoms with E-state index in [1.165, 1.54) is 6.07 Å². The van der Waals surface area contributed by atoms with Crippen LogP contribution in [-0.4, -0.2) is 39.5 Å². The topological polar surface area (TPSA) is 49.4 Å². The Morgan fingerprint density at radius 1 is 1.19 bits per heavy atom. The first-order valence-electron chi connectivity index (χ1n) is 6.27. The van der Waals surface area contributed by atoms with E-state index in [2.05, 4.69) is 5.32 Å². The molecule has 1 N–H and O–H groups in total. The van der Waals surface area contributed by atoms with Crippen LogP contribution < -0.4 is 5.32 Å². The summed E-state index contributed by atoms with van der Waals surface area (Å²) in [5.74, 6) is 0. The van der Waals surface area contributed by atoms with Gasteiger partial charge >= 0.3 is 6.18 Å². The summed E-state index contributed by atoms with van der Waals surface area (Å²) in [6.45, 7) is 2.33. The zero-order valence-electron chi connectivity index (χ0n) is 12.4. The van der Waals surface area contributed by atoms with E-state index in [0.717, 1.165) is 18.2 Å². The Morgan fingerprint density at radius 2 is 1.76 bits per heavy atom. The van der Waals surface area contributed by atoms with Crippen LogP contribution in [0.15, 0.2) is 17.0 Å². The molecule has 0 spiro atoms. The first-order valence-corrected chi connectivity index (χ1v) is 7.71. The lowest BCUT2D eigenvalue weighted by atomic mass is 10.1. The van der Waals surface area contributed by atoms with E-state index >= 15 is 0 Å². The van der Waals surface area contributed by atoms with Crippen LogP contribution >= 0.6 is 0 Å². The van der Waals surface area contributed by atoms with Crippen molar-refractivity contribution in [2.75, 3.05) is 20.6 Å². The molecule has 0 aliphatic heterocycles. The van der Waals surface area contributed by atoms with Crippen molar-refractivity contribution >= 4 is 10.0 Å². The monoisotopic (exact) mass is 324 g/mol. The first kappa shape index (κ1) is 17.9. The number of sulfonamides is 1. The number of nitrogens with zero attached hydrogens (tertiary/aromatic N) is 1. The Balaban J connectivity index is 3.28. The fraction of sp³-hybridized carbons (Fsp3) is 0.538. The van der Waals surface area contributed by atoms with Crippen LogP contribution in [0.5, 0.6) is 0 Å². The molecule has 8 heteroatoms. The van der Waals surface area contributed by atoms with E-state index in [-0.39, 0.29) is 4.90 Å². The second-order valence-electron chi connectivity index (χ2n) is 4.95. The Labute approximate surface area is 123 Å². The highest BCUT2D eigenvalue weighted by atomic mass is 32.2. The number of halogens is 3. The molecular weight excluding hydrogens is 305 g/mol. The van der Waals surface area contributed by atoms with Gasteiger partial charge in [-0.2, -0.15) is 17.5 Å². The van der Waals surface area contributed by atoms with Gasteiger partial charge in [0, 0.05) is 13.6 Å². The van der Waals surface area contributed by atoms with Crippen molar-refractivity contribution < 1.29 is 21.6 Å². The predicted octanol–water partition coefficient (Wildman–Crippen LogP) is 2.21. The van der Waals surface area contributed by atoms with Gasteiger partial charge in [-0.05, 0) is 43.7 Å². The van der Waals surface area contributed by atoms with Gasteiger partial charge in [0.15, 0.2) is 0 Å². The minimum Gasteiger partial charge on any atom is -0.316 e. The number of hydrogen-bond acceptors (Lipinski definition) is 3. The van der Waals surface area contributed by atoms with Crippen LogP contribution in [0.1, 0.15) is 16.7 Å². The summed E-state index contributed by atoms with van der Waals surface area (Å²) in [5, 5.41) is 2.90. The molecule has 0 atom stereocenters. The average Bonchev–Trinajstić information content (AvgIpc) is 2.30. The maximum atomic E-state index is 12.4. The molecule has 0 aromatic heterocycles. The van der Waals surface area contributed by atoms with Crippen LogP contribution in [0.3, 0.4) is 0 Å². The van der Waals surface area contributed by atoms with Gasteiger partial charge in [-0.1, -0.05) is 6.07 Å². The standard InChI is InChI=1S/C13H19F3N2O2S/c1-9-5-10(2)12(6-11(9)7-17-3)21(19,20)18(4)8-13(14,15)16/h5-6,17H,7-8H2,1-4H3. The minimum absolute atomic E-state index is 0.0925. The first-order chi connectivity index (χ1) is 9.49.